The maximum Gasteiger partial charge on any atom is 0.243 e. The molecule has 1 saturated carbocycles. The van der Waals surface area contributed by atoms with Gasteiger partial charge in [0.05, 0.1) is 17.8 Å². The van der Waals surface area contributed by atoms with Gasteiger partial charge in [0, 0.05) is 5.02 Å². The van der Waals surface area contributed by atoms with Crippen molar-refractivity contribution in [2.75, 3.05) is 12.3 Å². The summed E-state index contributed by atoms with van der Waals surface area (Å²) in [7, 11) is -3.73. The molecule has 0 amide bonds. The van der Waals surface area contributed by atoms with Gasteiger partial charge in [-0.05, 0) is 37.5 Å². The van der Waals surface area contributed by atoms with Crippen LogP contribution in [0.4, 0.5) is 5.69 Å². The maximum absolute atomic E-state index is 12.2. The smallest absolute Gasteiger partial charge is 0.243 e. The number of hydrogen-bond acceptors (Lipinski definition) is 4. The first kappa shape index (κ1) is 13.6. The van der Waals surface area contributed by atoms with Crippen molar-refractivity contribution in [1.29, 1.82) is 0 Å². The molecular formula is C11H15ClN2O3S. The monoisotopic (exact) mass is 290 g/mol. The zero-order chi connectivity index (χ0) is 13.4. The van der Waals surface area contributed by atoms with Gasteiger partial charge >= 0.3 is 0 Å². The Morgan fingerprint density at radius 1 is 1.44 bits per heavy atom. The molecule has 0 atom stereocenters. The number of nitrogens with one attached hydrogen (secondary N) is 1. The minimum Gasteiger partial charge on any atom is -0.398 e. The molecule has 1 fully saturated rings. The molecule has 0 aromatic heterocycles. The van der Waals surface area contributed by atoms with Gasteiger partial charge in [0.2, 0.25) is 10.0 Å². The molecule has 0 radical (unpaired) electrons. The highest BCUT2D eigenvalue weighted by atomic mass is 35.5. The SMILES string of the molecule is Nc1cc(Cl)ccc1S(=O)(=O)NC1(CO)CCC1. The Morgan fingerprint density at radius 2 is 2.11 bits per heavy atom. The average Bonchev–Trinajstić information content (AvgIpc) is 2.23. The predicted molar refractivity (Wildman–Crippen MR) is 69.9 cm³/mol. The molecule has 2 rings (SSSR count). The van der Waals surface area contributed by atoms with Crippen molar-refractivity contribution in [3.05, 3.63) is 23.2 Å². The molecule has 0 aliphatic heterocycles. The highest BCUT2D eigenvalue weighted by Gasteiger charge is 2.40. The second-order valence-electron chi connectivity index (χ2n) is 4.58. The van der Waals surface area contributed by atoms with Crippen LogP contribution in [-0.2, 0) is 10.0 Å². The summed E-state index contributed by atoms with van der Waals surface area (Å²) in [5.74, 6) is 0. The van der Waals surface area contributed by atoms with Gasteiger partial charge < -0.3 is 10.8 Å². The van der Waals surface area contributed by atoms with E-state index in [1.165, 1.54) is 18.2 Å². The van der Waals surface area contributed by atoms with Crippen LogP contribution >= 0.6 is 11.6 Å². The van der Waals surface area contributed by atoms with Gasteiger partial charge in [-0.2, -0.15) is 0 Å². The van der Waals surface area contributed by atoms with Gasteiger partial charge in [-0.3, -0.25) is 0 Å². The summed E-state index contributed by atoms with van der Waals surface area (Å²) in [4.78, 5) is -0.00775. The highest BCUT2D eigenvalue weighted by Crippen LogP contribution is 2.33. The van der Waals surface area contributed by atoms with Gasteiger partial charge in [0.1, 0.15) is 4.90 Å². The van der Waals surface area contributed by atoms with Gasteiger partial charge in [-0.25, -0.2) is 13.1 Å². The fraction of sp³-hybridized carbons (Fsp3) is 0.455. The molecule has 1 aromatic rings. The highest BCUT2D eigenvalue weighted by molar-refractivity contribution is 7.89. The van der Waals surface area contributed by atoms with Crippen LogP contribution < -0.4 is 10.5 Å². The number of rotatable bonds is 4. The number of nitrogens with two attached hydrogens (primary N) is 1. The van der Waals surface area contributed by atoms with Crippen LogP contribution in [0.3, 0.4) is 0 Å². The van der Waals surface area contributed by atoms with Crippen molar-refractivity contribution in [2.24, 2.45) is 0 Å². The van der Waals surface area contributed by atoms with Crippen LogP contribution in [0.2, 0.25) is 5.02 Å². The molecule has 0 saturated heterocycles. The topological polar surface area (TPSA) is 92.4 Å². The number of anilines is 1. The summed E-state index contributed by atoms with van der Waals surface area (Å²) >= 11 is 5.73. The van der Waals surface area contributed by atoms with Crippen molar-refractivity contribution >= 4 is 27.3 Å². The molecule has 0 unspecified atom stereocenters. The number of nitrogen functional groups attached to an aromatic ring is 1. The van der Waals surface area contributed by atoms with Gasteiger partial charge in [0.25, 0.3) is 0 Å². The molecule has 0 heterocycles. The van der Waals surface area contributed by atoms with Gasteiger partial charge in [-0.15, -0.1) is 0 Å². The summed E-state index contributed by atoms with van der Waals surface area (Å²) < 4.78 is 26.9. The van der Waals surface area contributed by atoms with E-state index in [1.807, 2.05) is 0 Å². The average molecular weight is 291 g/mol. The first-order valence-corrected chi connectivity index (χ1v) is 7.45. The molecule has 1 aliphatic carbocycles. The van der Waals surface area contributed by atoms with E-state index in [2.05, 4.69) is 4.72 Å². The van der Waals surface area contributed by atoms with E-state index in [1.54, 1.807) is 0 Å². The molecule has 7 heteroatoms. The Hall–Kier alpha value is -0.820. The van der Waals surface area contributed by atoms with Crippen molar-refractivity contribution in [3.63, 3.8) is 0 Å². The van der Waals surface area contributed by atoms with E-state index in [4.69, 9.17) is 17.3 Å². The van der Waals surface area contributed by atoms with Crippen molar-refractivity contribution in [1.82, 2.24) is 4.72 Å². The van der Waals surface area contributed by atoms with E-state index in [0.717, 1.165) is 6.42 Å². The summed E-state index contributed by atoms with van der Waals surface area (Å²) in [6.45, 7) is -0.209. The van der Waals surface area contributed by atoms with Gasteiger partial charge in [0.15, 0.2) is 0 Å². The van der Waals surface area contributed by atoms with Crippen molar-refractivity contribution < 1.29 is 13.5 Å². The third kappa shape index (κ3) is 2.47. The maximum atomic E-state index is 12.2. The summed E-state index contributed by atoms with van der Waals surface area (Å²) in [5.41, 5.74) is 5.03. The molecule has 1 aliphatic rings. The third-order valence-electron chi connectivity index (χ3n) is 3.23. The summed E-state index contributed by atoms with van der Waals surface area (Å²) in [5, 5.41) is 9.66. The number of hydrogen-bond donors (Lipinski definition) is 3. The zero-order valence-electron chi connectivity index (χ0n) is 9.69. The Balaban J connectivity index is 2.31. The van der Waals surface area contributed by atoms with E-state index in [-0.39, 0.29) is 17.2 Å². The number of sulfonamides is 1. The van der Waals surface area contributed by atoms with Crippen LogP contribution in [0, 0.1) is 0 Å². The second-order valence-corrected chi connectivity index (χ2v) is 6.67. The first-order valence-electron chi connectivity index (χ1n) is 5.58. The normalized spacial score (nSPS) is 18.3. The van der Waals surface area contributed by atoms with Crippen LogP contribution in [0.5, 0.6) is 0 Å². The number of halogens is 1. The molecule has 0 bridgehead atoms. The lowest BCUT2D eigenvalue weighted by Crippen LogP contribution is -2.56. The zero-order valence-corrected chi connectivity index (χ0v) is 11.3. The lowest BCUT2D eigenvalue weighted by Gasteiger charge is -2.40. The minimum atomic E-state index is -3.73. The molecule has 5 nitrogen and oxygen atoms in total. The first-order chi connectivity index (χ1) is 8.38. The van der Waals surface area contributed by atoms with Crippen LogP contribution in [0.15, 0.2) is 23.1 Å². The molecule has 100 valence electrons. The number of aliphatic hydroxyl groups excluding tert-OH is 1. The number of aliphatic hydroxyl groups is 1. The standard InChI is InChI=1S/C11H15ClN2O3S/c12-8-2-3-10(9(13)6-8)18(16,17)14-11(7-15)4-1-5-11/h2-3,6,14-15H,1,4-5,7,13H2. The van der Waals surface area contributed by atoms with Crippen LogP contribution in [0.1, 0.15) is 19.3 Å². The Kier molecular flexibility index (Phi) is 3.55. The predicted octanol–water partition coefficient (Wildman–Crippen LogP) is 1.12. The largest absolute Gasteiger partial charge is 0.398 e. The van der Waals surface area contributed by atoms with E-state index in [0.29, 0.717) is 17.9 Å². The van der Waals surface area contributed by atoms with Gasteiger partial charge in [-0.1, -0.05) is 11.6 Å². The Labute approximate surface area is 111 Å². The lowest BCUT2D eigenvalue weighted by atomic mass is 9.78. The quantitative estimate of drug-likeness (QED) is 0.725. The third-order valence-corrected chi connectivity index (χ3v) is 5.11. The Morgan fingerprint density at radius 3 is 2.56 bits per heavy atom. The second kappa shape index (κ2) is 4.70. The van der Waals surface area contributed by atoms with Crippen LogP contribution in [-0.4, -0.2) is 25.7 Å². The van der Waals surface area contributed by atoms with E-state index in [9.17, 15) is 13.5 Å². The fourth-order valence-corrected chi connectivity index (χ4v) is 3.75. The molecule has 18 heavy (non-hydrogen) atoms. The van der Waals surface area contributed by atoms with Crippen molar-refractivity contribution in [2.45, 2.75) is 29.7 Å². The Bertz CT molecular complexity index is 550. The summed E-state index contributed by atoms with van der Waals surface area (Å²) in [6.07, 6.45) is 2.17. The minimum absolute atomic E-state index is 0.00775. The lowest BCUT2D eigenvalue weighted by molar-refractivity contribution is 0.110. The molecular weight excluding hydrogens is 276 g/mol. The summed E-state index contributed by atoms with van der Waals surface area (Å²) in [6, 6.07) is 4.23. The molecule has 4 N–H and O–H groups in total. The van der Waals surface area contributed by atoms with Crippen LogP contribution in [0.25, 0.3) is 0 Å². The van der Waals surface area contributed by atoms with E-state index >= 15 is 0 Å². The van der Waals surface area contributed by atoms with Crippen molar-refractivity contribution in [3.8, 4) is 0 Å². The number of benzene rings is 1. The fourth-order valence-electron chi connectivity index (χ4n) is 2.00. The molecule has 1 aromatic carbocycles. The molecule has 0 spiro atoms. The van der Waals surface area contributed by atoms with E-state index < -0.39 is 15.6 Å².